The highest BCUT2D eigenvalue weighted by Crippen LogP contribution is 2.34. The van der Waals surface area contributed by atoms with E-state index in [1.165, 1.54) is 36.9 Å². The molecule has 56 heavy (non-hydrogen) atoms. The van der Waals surface area contributed by atoms with Crippen LogP contribution in [0.3, 0.4) is 0 Å². The second-order valence-electron chi connectivity index (χ2n) is 13.0. The number of carbonyl (C=O) groups is 6. The summed E-state index contributed by atoms with van der Waals surface area (Å²) in [4.78, 5) is 73.4. The lowest BCUT2D eigenvalue weighted by atomic mass is 9.86. The maximum Gasteiger partial charge on any atom is 0.313 e. The third-order valence-corrected chi connectivity index (χ3v) is 12.1. The highest BCUT2D eigenvalue weighted by molar-refractivity contribution is 8.00. The predicted molar refractivity (Wildman–Crippen MR) is 226 cm³/mol. The normalized spacial score (nSPS) is 10.8. The Balaban J connectivity index is 0.000000300. The fourth-order valence-electron chi connectivity index (χ4n) is 4.95. The molecule has 4 aromatic rings. The molecule has 2 heterocycles. The van der Waals surface area contributed by atoms with Crippen molar-refractivity contribution in [2.75, 3.05) is 47.9 Å². The number of rotatable bonds is 18. The third kappa shape index (κ3) is 13.5. The molecule has 12 nitrogen and oxygen atoms in total. The predicted octanol–water partition coefficient (Wildman–Crippen LogP) is 7.91. The number of nitrogens with one attached hydrogen (secondary N) is 2. The summed E-state index contributed by atoms with van der Waals surface area (Å²) in [5.41, 5.74) is 3.00. The van der Waals surface area contributed by atoms with Gasteiger partial charge in [0.2, 0.25) is 11.8 Å². The number of ether oxygens (including phenoxy) is 2. The Bertz CT molecular complexity index is 2030. The number of benzene rings is 2. The first kappa shape index (κ1) is 45.7. The van der Waals surface area contributed by atoms with Gasteiger partial charge in [-0.25, -0.2) is 0 Å². The Morgan fingerprint density at radius 3 is 1.45 bits per heavy atom. The molecule has 0 spiro atoms. The fourth-order valence-corrected chi connectivity index (χ4v) is 8.04. The summed E-state index contributed by atoms with van der Waals surface area (Å²) in [7, 11) is 3.01. The van der Waals surface area contributed by atoms with Crippen molar-refractivity contribution in [2.24, 2.45) is 0 Å². The summed E-state index contributed by atoms with van der Waals surface area (Å²) in [5, 5.41) is 23.8. The van der Waals surface area contributed by atoms with Crippen LogP contribution in [0.4, 0.5) is 10.0 Å². The van der Waals surface area contributed by atoms with E-state index in [0.717, 1.165) is 51.7 Å². The number of carboxylic acids is 2. The Kier molecular flexibility index (Phi) is 17.6. The number of hydrogen-bond acceptors (Lipinski definition) is 12. The molecule has 0 fully saturated rings. The fraction of sp³-hybridized carbons (Fsp3) is 0.350. The summed E-state index contributed by atoms with van der Waals surface area (Å²) in [5.74, 6) is -2.30. The third-order valence-electron chi connectivity index (χ3n) is 7.83. The molecule has 0 saturated heterocycles. The standard InChI is InChI=1S/C21H25NO4S2.C19H21NO6S2/c1-5-15-10-16(20(28-15)22-17(23)11-27-12-18(24)25)19(26)13-6-8-14(9-7-13)21(2,3)4;1-4-12-8-13(19(28-12)20-16(21)9-27-10-17(22)23)18(24)11-5-6-14(25-2)15(7-11)26-3/h6-10H,5,11-12H2,1-4H3,(H,22,23)(H,24,25);5-8H,4,9-10H2,1-3H3,(H,20,21)(H,22,23). The van der Waals surface area contributed by atoms with Gasteiger partial charge in [0.15, 0.2) is 23.1 Å². The zero-order valence-electron chi connectivity index (χ0n) is 32.2. The van der Waals surface area contributed by atoms with Crippen LogP contribution in [0.2, 0.25) is 0 Å². The molecule has 0 aliphatic carbocycles. The number of thioether (sulfide) groups is 2. The molecule has 4 N–H and O–H groups in total. The molecule has 2 amide bonds. The van der Waals surface area contributed by atoms with Gasteiger partial charge >= 0.3 is 11.9 Å². The highest BCUT2D eigenvalue weighted by Gasteiger charge is 2.22. The molecule has 0 atom stereocenters. The van der Waals surface area contributed by atoms with Crippen LogP contribution in [0.25, 0.3) is 0 Å². The second kappa shape index (κ2) is 21.6. The first-order chi connectivity index (χ1) is 26.5. The smallest absolute Gasteiger partial charge is 0.313 e. The lowest BCUT2D eigenvalue weighted by Crippen LogP contribution is -2.16. The van der Waals surface area contributed by atoms with Gasteiger partial charge in [0, 0.05) is 20.9 Å². The lowest BCUT2D eigenvalue weighted by Gasteiger charge is -2.19. The number of amides is 2. The number of thiophene rings is 2. The molecule has 300 valence electrons. The minimum Gasteiger partial charge on any atom is -0.493 e. The van der Waals surface area contributed by atoms with E-state index in [1.54, 1.807) is 24.3 Å². The Morgan fingerprint density at radius 1 is 0.625 bits per heavy atom. The van der Waals surface area contributed by atoms with Gasteiger partial charge in [-0.1, -0.05) is 58.9 Å². The molecule has 2 aromatic carbocycles. The minimum atomic E-state index is -0.980. The Hall–Kier alpha value is -4.64. The largest absolute Gasteiger partial charge is 0.493 e. The van der Waals surface area contributed by atoms with E-state index in [1.807, 2.05) is 44.2 Å². The maximum atomic E-state index is 13.0. The van der Waals surface area contributed by atoms with Gasteiger partial charge in [-0.2, -0.15) is 0 Å². The van der Waals surface area contributed by atoms with Crippen molar-refractivity contribution in [3.8, 4) is 11.5 Å². The van der Waals surface area contributed by atoms with Crippen LogP contribution >= 0.6 is 46.2 Å². The maximum absolute atomic E-state index is 13.0. The van der Waals surface area contributed by atoms with Crippen molar-refractivity contribution in [3.63, 3.8) is 0 Å². The van der Waals surface area contributed by atoms with Crippen LogP contribution in [0.15, 0.2) is 54.6 Å². The van der Waals surface area contributed by atoms with Crippen LogP contribution in [0, 0.1) is 0 Å². The molecular weight excluding hydrogens is 797 g/mol. The average Bonchev–Trinajstić information content (AvgIpc) is 3.77. The van der Waals surface area contributed by atoms with Gasteiger partial charge in [-0.05, 0) is 54.2 Å². The number of methoxy groups -OCH3 is 2. The minimum absolute atomic E-state index is 0.00432. The van der Waals surface area contributed by atoms with Crippen LogP contribution in [-0.2, 0) is 37.4 Å². The Labute approximate surface area is 342 Å². The zero-order chi connectivity index (χ0) is 41.6. The van der Waals surface area contributed by atoms with E-state index in [4.69, 9.17) is 19.7 Å². The summed E-state index contributed by atoms with van der Waals surface area (Å²) in [6.45, 7) is 10.3. The highest BCUT2D eigenvalue weighted by atomic mass is 32.2. The van der Waals surface area contributed by atoms with Gasteiger partial charge in [-0.3, -0.25) is 28.8 Å². The average molecular weight is 843 g/mol. The molecule has 0 radical (unpaired) electrons. The van der Waals surface area contributed by atoms with E-state index in [0.29, 0.717) is 43.8 Å². The number of carbonyl (C=O) groups excluding carboxylic acids is 4. The number of hydrogen-bond donors (Lipinski definition) is 4. The summed E-state index contributed by atoms with van der Waals surface area (Å²) < 4.78 is 10.4. The van der Waals surface area contributed by atoms with Crippen LogP contribution in [0.1, 0.15) is 81.8 Å². The topological polar surface area (TPSA) is 185 Å². The summed E-state index contributed by atoms with van der Waals surface area (Å²) in [6.07, 6.45) is 1.48. The molecule has 0 bridgehead atoms. The van der Waals surface area contributed by atoms with Gasteiger partial charge < -0.3 is 30.3 Å². The van der Waals surface area contributed by atoms with Gasteiger partial charge in [0.25, 0.3) is 0 Å². The first-order valence-corrected chi connectivity index (χ1v) is 21.3. The molecule has 2 aromatic heterocycles. The van der Waals surface area contributed by atoms with Crippen molar-refractivity contribution in [1.82, 2.24) is 0 Å². The summed E-state index contributed by atoms with van der Waals surface area (Å²) in [6, 6.07) is 16.0. The van der Waals surface area contributed by atoms with E-state index >= 15 is 0 Å². The van der Waals surface area contributed by atoms with E-state index in [-0.39, 0.29) is 51.8 Å². The zero-order valence-corrected chi connectivity index (χ0v) is 35.5. The molecule has 0 saturated carbocycles. The number of carboxylic acid groups (broad SMARTS) is 2. The van der Waals surface area contributed by atoms with E-state index in [2.05, 4.69) is 31.4 Å². The monoisotopic (exact) mass is 842 g/mol. The lowest BCUT2D eigenvalue weighted by molar-refractivity contribution is -0.134. The summed E-state index contributed by atoms with van der Waals surface area (Å²) >= 11 is 4.74. The van der Waals surface area contributed by atoms with Crippen LogP contribution in [0.5, 0.6) is 11.5 Å². The van der Waals surface area contributed by atoms with Crippen molar-refractivity contribution < 1.29 is 48.5 Å². The molecule has 0 aliphatic heterocycles. The number of anilines is 2. The van der Waals surface area contributed by atoms with Crippen LogP contribution in [-0.4, -0.2) is 82.8 Å². The number of aliphatic carboxylic acids is 2. The van der Waals surface area contributed by atoms with Crippen LogP contribution < -0.4 is 20.1 Å². The van der Waals surface area contributed by atoms with E-state index < -0.39 is 11.9 Å². The SMILES string of the molecule is CCc1cc(C(=O)c2ccc(C(C)(C)C)cc2)c(NC(=O)CSCC(=O)O)s1.CCc1cc(C(=O)c2ccc(OC)c(OC)c2)c(NC(=O)CSCC(=O)O)s1. The Morgan fingerprint density at radius 2 is 1.05 bits per heavy atom. The van der Waals surface area contributed by atoms with Crippen molar-refractivity contribution >= 4 is 91.5 Å². The number of aryl methyl sites for hydroxylation is 2. The quantitative estimate of drug-likeness (QED) is 0.0711. The molecule has 0 aliphatic rings. The second-order valence-corrected chi connectivity index (χ2v) is 17.3. The van der Waals surface area contributed by atoms with Gasteiger partial charge in [-0.15, -0.1) is 46.2 Å². The molecule has 0 unspecified atom stereocenters. The molecule has 4 rings (SSSR count). The van der Waals surface area contributed by atoms with Crippen molar-refractivity contribution in [3.05, 3.63) is 92.2 Å². The number of ketones is 2. The molecular formula is C40H46N2O10S4. The van der Waals surface area contributed by atoms with Crippen molar-refractivity contribution in [1.29, 1.82) is 0 Å². The van der Waals surface area contributed by atoms with Crippen molar-refractivity contribution in [2.45, 2.75) is 52.9 Å². The first-order valence-electron chi connectivity index (χ1n) is 17.4. The van der Waals surface area contributed by atoms with E-state index in [9.17, 15) is 28.8 Å². The van der Waals surface area contributed by atoms with Gasteiger partial charge in [0.1, 0.15) is 10.0 Å². The van der Waals surface area contributed by atoms with Gasteiger partial charge in [0.05, 0.1) is 48.4 Å². The molecule has 16 heteroatoms.